The zero-order valence-corrected chi connectivity index (χ0v) is 15.8. The summed E-state index contributed by atoms with van der Waals surface area (Å²) in [5, 5.41) is 10.9. The molecule has 0 heterocycles. The van der Waals surface area contributed by atoms with Gasteiger partial charge in [-0.3, -0.25) is 9.59 Å². The SMILES string of the molecule is CN(CC(=O)Nc1ccc(Cl)c(C(F)(F)F)c1)C(=O)c1ccc(Cl)c(C#N)c1. The molecule has 2 aromatic rings. The average Bonchev–Trinajstić information content (AvgIpc) is 2.62. The Bertz CT molecular complexity index is 972. The van der Waals surface area contributed by atoms with Gasteiger partial charge < -0.3 is 10.2 Å². The molecule has 2 aromatic carbocycles. The van der Waals surface area contributed by atoms with Crippen LogP contribution < -0.4 is 5.32 Å². The number of nitrogens with one attached hydrogen (secondary N) is 1. The van der Waals surface area contributed by atoms with Gasteiger partial charge in [-0.15, -0.1) is 0 Å². The molecule has 0 bridgehead atoms. The first kappa shape index (κ1) is 21.5. The Balaban J connectivity index is 2.09. The van der Waals surface area contributed by atoms with Crippen molar-refractivity contribution in [3.63, 3.8) is 0 Å². The summed E-state index contributed by atoms with van der Waals surface area (Å²) >= 11 is 11.3. The summed E-state index contributed by atoms with van der Waals surface area (Å²) < 4.78 is 38.6. The highest BCUT2D eigenvalue weighted by Crippen LogP contribution is 2.36. The lowest BCUT2D eigenvalue weighted by Crippen LogP contribution is -2.35. The van der Waals surface area contributed by atoms with Gasteiger partial charge in [-0.25, -0.2) is 0 Å². The van der Waals surface area contributed by atoms with E-state index < -0.39 is 35.1 Å². The second-order valence-corrected chi connectivity index (χ2v) is 6.52. The smallest absolute Gasteiger partial charge is 0.332 e. The van der Waals surface area contributed by atoms with Gasteiger partial charge in [0.2, 0.25) is 5.91 Å². The Morgan fingerprint density at radius 2 is 1.79 bits per heavy atom. The molecule has 0 spiro atoms. The number of amides is 2. The van der Waals surface area contributed by atoms with E-state index in [0.29, 0.717) is 6.07 Å². The maximum absolute atomic E-state index is 12.9. The summed E-state index contributed by atoms with van der Waals surface area (Å²) in [4.78, 5) is 25.5. The summed E-state index contributed by atoms with van der Waals surface area (Å²) in [6.07, 6.45) is -4.67. The predicted molar refractivity (Wildman–Crippen MR) is 98.2 cm³/mol. The monoisotopic (exact) mass is 429 g/mol. The van der Waals surface area contributed by atoms with Gasteiger partial charge in [-0.2, -0.15) is 18.4 Å². The van der Waals surface area contributed by atoms with Crippen LogP contribution in [0, 0.1) is 11.3 Å². The van der Waals surface area contributed by atoms with Gasteiger partial charge >= 0.3 is 6.18 Å². The van der Waals surface area contributed by atoms with Crippen LogP contribution in [0.1, 0.15) is 21.5 Å². The number of halogens is 5. The van der Waals surface area contributed by atoms with Crippen LogP contribution in [0.25, 0.3) is 0 Å². The number of rotatable bonds is 4. The molecular formula is C18H12Cl2F3N3O2. The largest absolute Gasteiger partial charge is 0.417 e. The number of likely N-dealkylation sites (N-methyl/N-ethyl adjacent to an activating group) is 1. The zero-order chi connectivity index (χ0) is 21.1. The number of hydrogen-bond acceptors (Lipinski definition) is 3. The second-order valence-electron chi connectivity index (χ2n) is 5.71. The molecule has 10 heteroatoms. The van der Waals surface area contributed by atoms with Crippen molar-refractivity contribution in [2.24, 2.45) is 0 Å². The van der Waals surface area contributed by atoms with E-state index in [-0.39, 0.29) is 21.8 Å². The van der Waals surface area contributed by atoms with E-state index in [4.69, 9.17) is 28.5 Å². The molecule has 5 nitrogen and oxygen atoms in total. The van der Waals surface area contributed by atoms with E-state index in [0.717, 1.165) is 11.0 Å². The number of nitrogens with zero attached hydrogens (tertiary/aromatic N) is 2. The van der Waals surface area contributed by atoms with Crippen molar-refractivity contribution in [3.8, 4) is 6.07 Å². The normalized spacial score (nSPS) is 10.9. The molecule has 0 unspecified atom stereocenters. The van der Waals surface area contributed by atoms with Gasteiger partial charge in [0.15, 0.2) is 0 Å². The molecule has 0 radical (unpaired) electrons. The van der Waals surface area contributed by atoms with Crippen molar-refractivity contribution in [2.75, 3.05) is 18.9 Å². The van der Waals surface area contributed by atoms with Crippen LogP contribution in [0.2, 0.25) is 10.0 Å². The topological polar surface area (TPSA) is 73.2 Å². The zero-order valence-electron chi connectivity index (χ0n) is 14.3. The summed E-state index contributed by atoms with van der Waals surface area (Å²) in [6.45, 7) is -0.423. The molecule has 1 N–H and O–H groups in total. The van der Waals surface area contributed by atoms with E-state index in [1.807, 2.05) is 6.07 Å². The molecule has 0 atom stereocenters. The lowest BCUT2D eigenvalue weighted by Gasteiger charge is -2.18. The third kappa shape index (κ3) is 5.15. The first-order valence-corrected chi connectivity index (χ1v) is 8.40. The highest BCUT2D eigenvalue weighted by molar-refractivity contribution is 6.32. The Kier molecular flexibility index (Phi) is 6.54. The standard InChI is InChI=1S/C18H12Cl2F3N3O2/c1-26(17(28)10-2-4-14(19)11(6-10)8-24)9-16(27)25-12-3-5-15(20)13(7-12)18(21,22)23/h2-7H,9H2,1H3,(H,25,27). The van der Waals surface area contributed by atoms with Crippen LogP contribution >= 0.6 is 23.2 Å². The van der Waals surface area contributed by atoms with Crippen LogP contribution in [-0.2, 0) is 11.0 Å². The quantitative estimate of drug-likeness (QED) is 0.771. The van der Waals surface area contributed by atoms with Gasteiger partial charge in [-0.1, -0.05) is 23.2 Å². The molecule has 2 amide bonds. The lowest BCUT2D eigenvalue weighted by atomic mass is 10.1. The van der Waals surface area contributed by atoms with E-state index in [1.54, 1.807) is 0 Å². The molecular weight excluding hydrogens is 418 g/mol. The van der Waals surface area contributed by atoms with Crippen LogP contribution in [0.3, 0.4) is 0 Å². The van der Waals surface area contributed by atoms with Crippen molar-refractivity contribution in [3.05, 3.63) is 63.1 Å². The Morgan fingerprint density at radius 3 is 2.39 bits per heavy atom. The van der Waals surface area contributed by atoms with Crippen LogP contribution in [0.15, 0.2) is 36.4 Å². The Hall–Kier alpha value is -2.76. The molecule has 0 fully saturated rings. The van der Waals surface area contributed by atoms with E-state index in [2.05, 4.69) is 5.32 Å². The van der Waals surface area contributed by atoms with Crippen molar-refractivity contribution in [1.29, 1.82) is 5.26 Å². The van der Waals surface area contributed by atoms with Gasteiger partial charge in [0, 0.05) is 18.3 Å². The van der Waals surface area contributed by atoms with E-state index in [9.17, 15) is 22.8 Å². The second kappa shape index (κ2) is 8.50. The summed E-state index contributed by atoms with van der Waals surface area (Å²) in [6, 6.07) is 8.85. The third-order valence-corrected chi connectivity index (χ3v) is 4.28. The minimum absolute atomic E-state index is 0.103. The highest BCUT2D eigenvalue weighted by Gasteiger charge is 2.33. The van der Waals surface area contributed by atoms with Gasteiger partial charge in [0.1, 0.15) is 6.07 Å². The van der Waals surface area contributed by atoms with Crippen molar-refractivity contribution < 1.29 is 22.8 Å². The number of nitriles is 1. The summed E-state index contributed by atoms with van der Waals surface area (Å²) in [5.41, 5.74) is -0.948. The van der Waals surface area contributed by atoms with Crippen molar-refractivity contribution in [2.45, 2.75) is 6.18 Å². The fourth-order valence-electron chi connectivity index (χ4n) is 2.27. The molecule has 0 aliphatic heterocycles. The average molecular weight is 430 g/mol. The van der Waals surface area contributed by atoms with Gasteiger partial charge in [0.25, 0.3) is 5.91 Å². The van der Waals surface area contributed by atoms with E-state index in [1.165, 1.54) is 31.3 Å². The van der Waals surface area contributed by atoms with Crippen LogP contribution in [0.5, 0.6) is 0 Å². The molecule has 0 aliphatic carbocycles. The molecule has 0 aromatic heterocycles. The maximum Gasteiger partial charge on any atom is 0.417 e. The first-order valence-electron chi connectivity index (χ1n) is 7.64. The number of carbonyl (C=O) groups is 2. The first-order chi connectivity index (χ1) is 13.0. The minimum Gasteiger partial charge on any atom is -0.332 e. The summed E-state index contributed by atoms with van der Waals surface area (Å²) in [7, 11) is 1.34. The van der Waals surface area contributed by atoms with E-state index >= 15 is 0 Å². The number of anilines is 1. The number of benzene rings is 2. The van der Waals surface area contributed by atoms with Crippen LogP contribution in [0.4, 0.5) is 18.9 Å². The summed E-state index contributed by atoms with van der Waals surface area (Å²) in [5.74, 6) is -1.27. The third-order valence-electron chi connectivity index (χ3n) is 3.62. The van der Waals surface area contributed by atoms with Crippen LogP contribution in [-0.4, -0.2) is 30.3 Å². The Labute approximate surface area is 168 Å². The molecule has 0 saturated carbocycles. The molecule has 0 saturated heterocycles. The van der Waals surface area contributed by atoms with Gasteiger partial charge in [-0.05, 0) is 36.4 Å². The number of alkyl halides is 3. The highest BCUT2D eigenvalue weighted by atomic mass is 35.5. The molecule has 28 heavy (non-hydrogen) atoms. The Morgan fingerprint density at radius 1 is 1.14 bits per heavy atom. The molecule has 2 rings (SSSR count). The molecule has 146 valence electrons. The fourth-order valence-corrected chi connectivity index (χ4v) is 2.66. The predicted octanol–water partition coefficient (Wildman–Crippen LogP) is 4.59. The van der Waals surface area contributed by atoms with Crippen molar-refractivity contribution >= 4 is 40.7 Å². The van der Waals surface area contributed by atoms with Crippen molar-refractivity contribution in [1.82, 2.24) is 4.90 Å². The maximum atomic E-state index is 12.9. The fraction of sp³-hybridized carbons (Fsp3) is 0.167. The lowest BCUT2D eigenvalue weighted by molar-refractivity contribution is -0.137. The minimum atomic E-state index is -4.67. The van der Waals surface area contributed by atoms with Gasteiger partial charge in [0.05, 0.1) is 27.7 Å². The number of hydrogen-bond donors (Lipinski definition) is 1. The molecule has 0 aliphatic rings. The number of carbonyl (C=O) groups excluding carboxylic acids is 2.